The number of hydrogen-bond acceptors (Lipinski definition) is 3. The van der Waals surface area contributed by atoms with Crippen LogP contribution in [0.4, 0.5) is 0 Å². The molecule has 0 atom stereocenters. The van der Waals surface area contributed by atoms with Gasteiger partial charge in [-0.3, -0.25) is 0 Å². The van der Waals surface area contributed by atoms with Gasteiger partial charge in [0.15, 0.2) is 0 Å². The Kier molecular flexibility index (Phi) is 3.46. The molecule has 0 aromatic carbocycles. The third-order valence-corrected chi connectivity index (χ3v) is 3.86. The van der Waals surface area contributed by atoms with Crippen LogP contribution in [-0.2, 0) is 0 Å². The van der Waals surface area contributed by atoms with E-state index in [-0.39, 0.29) is 0 Å². The number of amidine groups is 1. The number of hydrogen-bond donors (Lipinski definition) is 2. The second-order valence-corrected chi connectivity index (χ2v) is 4.90. The van der Waals surface area contributed by atoms with Crippen LogP contribution in [0.25, 0.3) is 0 Å². The highest BCUT2D eigenvalue weighted by Crippen LogP contribution is 2.28. The fourth-order valence-electron chi connectivity index (χ4n) is 2.53. The summed E-state index contributed by atoms with van der Waals surface area (Å²) in [6, 6.07) is 0. The van der Waals surface area contributed by atoms with Gasteiger partial charge in [-0.1, -0.05) is 11.6 Å². The summed E-state index contributed by atoms with van der Waals surface area (Å²) in [5.41, 5.74) is 5.61. The average molecular weight is 211 g/mol. The van der Waals surface area contributed by atoms with Crippen LogP contribution >= 0.6 is 0 Å². The lowest BCUT2D eigenvalue weighted by Gasteiger charge is -2.36. The van der Waals surface area contributed by atoms with Crippen LogP contribution in [0, 0.1) is 11.8 Å². The topological polar surface area (TPSA) is 61.9 Å². The van der Waals surface area contributed by atoms with E-state index in [2.05, 4.69) is 10.1 Å². The number of likely N-dealkylation sites (tertiary alicyclic amines) is 1. The predicted molar refractivity (Wildman–Crippen MR) is 59.9 cm³/mol. The molecule has 0 aromatic rings. The van der Waals surface area contributed by atoms with Crippen LogP contribution in [0.5, 0.6) is 0 Å². The molecule has 1 aliphatic carbocycles. The summed E-state index contributed by atoms with van der Waals surface area (Å²) in [6.07, 6.45) is 6.34. The molecule has 15 heavy (non-hydrogen) atoms. The summed E-state index contributed by atoms with van der Waals surface area (Å²) < 4.78 is 0. The molecule has 4 heteroatoms. The standard InChI is InChI=1S/C11H21N3O/c12-11(13-15)10-4-6-14(7-5-10)8-9-2-1-3-9/h9-10,15H,1-8H2,(H2,12,13). The normalized spacial score (nSPS) is 26.5. The van der Waals surface area contributed by atoms with Crippen molar-refractivity contribution >= 4 is 5.84 Å². The molecule has 2 rings (SSSR count). The van der Waals surface area contributed by atoms with Crippen molar-refractivity contribution in [2.24, 2.45) is 22.7 Å². The largest absolute Gasteiger partial charge is 0.409 e. The molecule has 0 bridgehead atoms. The highest BCUT2D eigenvalue weighted by molar-refractivity contribution is 5.82. The number of rotatable bonds is 3. The van der Waals surface area contributed by atoms with Crippen LogP contribution in [0.3, 0.4) is 0 Å². The van der Waals surface area contributed by atoms with Crippen LogP contribution < -0.4 is 5.73 Å². The van der Waals surface area contributed by atoms with Gasteiger partial charge in [0, 0.05) is 12.5 Å². The lowest BCUT2D eigenvalue weighted by molar-refractivity contribution is 0.144. The van der Waals surface area contributed by atoms with Gasteiger partial charge in [0.2, 0.25) is 0 Å². The van der Waals surface area contributed by atoms with Gasteiger partial charge in [-0.2, -0.15) is 0 Å². The summed E-state index contributed by atoms with van der Waals surface area (Å²) in [7, 11) is 0. The van der Waals surface area contributed by atoms with E-state index < -0.39 is 0 Å². The third kappa shape index (κ3) is 2.62. The van der Waals surface area contributed by atoms with Gasteiger partial charge in [-0.05, 0) is 44.7 Å². The second kappa shape index (κ2) is 4.84. The molecule has 0 amide bonds. The highest BCUT2D eigenvalue weighted by Gasteiger charge is 2.26. The summed E-state index contributed by atoms with van der Waals surface area (Å²) >= 11 is 0. The fraction of sp³-hybridized carbons (Fsp3) is 0.909. The SMILES string of the molecule is NC(=NO)C1CCN(CC2CCC2)CC1. The molecule has 3 N–H and O–H groups in total. The minimum absolute atomic E-state index is 0.299. The van der Waals surface area contributed by atoms with Crippen molar-refractivity contribution in [2.45, 2.75) is 32.1 Å². The molecule has 0 unspecified atom stereocenters. The van der Waals surface area contributed by atoms with Gasteiger partial charge in [0.25, 0.3) is 0 Å². The van der Waals surface area contributed by atoms with Crippen molar-refractivity contribution in [3.05, 3.63) is 0 Å². The van der Waals surface area contributed by atoms with Crippen molar-refractivity contribution in [3.63, 3.8) is 0 Å². The first kappa shape index (κ1) is 10.7. The van der Waals surface area contributed by atoms with Gasteiger partial charge in [-0.25, -0.2) is 0 Å². The van der Waals surface area contributed by atoms with Gasteiger partial charge >= 0.3 is 0 Å². The first-order valence-electron chi connectivity index (χ1n) is 5.99. The predicted octanol–water partition coefficient (Wildman–Crippen LogP) is 1.24. The number of oxime groups is 1. The maximum absolute atomic E-state index is 8.59. The Morgan fingerprint density at radius 3 is 2.40 bits per heavy atom. The van der Waals surface area contributed by atoms with Crippen LogP contribution in [0.2, 0.25) is 0 Å². The lowest BCUT2D eigenvalue weighted by Crippen LogP contribution is -2.41. The zero-order valence-electron chi connectivity index (χ0n) is 9.23. The number of nitrogens with zero attached hydrogens (tertiary/aromatic N) is 2. The monoisotopic (exact) mass is 211 g/mol. The van der Waals surface area contributed by atoms with Crippen molar-refractivity contribution in [3.8, 4) is 0 Å². The molecule has 1 heterocycles. The summed E-state index contributed by atoms with van der Waals surface area (Å²) in [6.45, 7) is 3.48. The van der Waals surface area contributed by atoms with E-state index in [1.807, 2.05) is 0 Å². The molecule has 1 aliphatic heterocycles. The molecule has 0 radical (unpaired) electrons. The van der Waals surface area contributed by atoms with Crippen LogP contribution in [-0.4, -0.2) is 35.6 Å². The maximum Gasteiger partial charge on any atom is 0.142 e. The Bertz CT molecular complexity index is 230. The first-order valence-corrected chi connectivity index (χ1v) is 5.99. The lowest BCUT2D eigenvalue weighted by atomic mass is 9.84. The fourth-order valence-corrected chi connectivity index (χ4v) is 2.53. The van der Waals surface area contributed by atoms with Gasteiger partial charge in [0.1, 0.15) is 5.84 Å². The summed E-state index contributed by atoms with van der Waals surface area (Å²) in [5, 5.41) is 11.7. The molecule has 1 saturated carbocycles. The Balaban J connectivity index is 1.71. The Hall–Kier alpha value is -0.770. The zero-order chi connectivity index (χ0) is 10.7. The Labute approximate surface area is 91.1 Å². The Morgan fingerprint density at radius 2 is 1.93 bits per heavy atom. The van der Waals surface area contributed by atoms with E-state index in [4.69, 9.17) is 10.9 Å². The van der Waals surface area contributed by atoms with Gasteiger partial charge < -0.3 is 15.8 Å². The van der Waals surface area contributed by atoms with Crippen molar-refractivity contribution in [1.82, 2.24) is 4.90 Å². The van der Waals surface area contributed by atoms with Gasteiger partial charge in [-0.15, -0.1) is 0 Å². The van der Waals surface area contributed by atoms with Crippen LogP contribution in [0.1, 0.15) is 32.1 Å². The Morgan fingerprint density at radius 1 is 1.27 bits per heavy atom. The average Bonchev–Trinajstić information content (AvgIpc) is 2.23. The molecular weight excluding hydrogens is 190 g/mol. The molecule has 1 saturated heterocycles. The first-order chi connectivity index (χ1) is 7.29. The smallest absolute Gasteiger partial charge is 0.142 e. The number of nitrogens with two attached hydrogens (primary N) is 1. The minimum atomic E-state index is 0.299. The van der Waals surface area contributed by atoms with E-state index in [0.717, 1.165) is 31.8 Å². The van der Waals surface area contributed by atoms with E-state index in [1.165, 1.54) is 25.8 Å². The van der Waals surface area contributed by atoms with E-state index in [0.29, 0.717) is 11.8 Å². The van der Waals surface area contributed by atoms with Crippen molar-refractivity contribution in [1.29, 1.82) is 0 Å². The van der Waals surface area contributed by atoms with E-state index in [1.54, 1.807) is 0 Å². The quantitative estimate of drug-likeness (QED) is 0.319. The summed E-state index contributed by atoms with van der Waals surface area (Å²) in [5.74, 6) is 1.66. The molecular formula is C11H21N3O. The minimum Gasteiger partial charge on any atom is -0.409 e. The molecule has 0 aromatic heterocycles. The highest BCUT2D eigenvalue weighted by atomic mass is 16.4. The molecule has 0 spiro atoms. The molecule has 86 valence electrons. The maximum atomic E-state index is 8.59. The molecule has 4 nitrogen and oxygen atoms in total. The third-order valence-electron chi connectivity index (χ3n) is 3.86. The van der Waals surface area contributed by atoms with Gasteiger partial charge in [0.05, 0.1) is 0 Å². The second-order valence-electron chi connectivity index (χ2n) is 4.90. The zero-order valence-corrected chi connectivity index (χ0v) is 9.23. The molecule has 2 aliphatic rings. The van der Waals surface area contributed by atoms with E-state index >= 15 is 0 Å². The van der Waals surface area contributed by atoms with Crippen LogP contribution in [0.15, 0.2) is 5.16 Å². The van der Waals surface area contributed by atoms with Crippen molar-refractivity contribution < 1.29 is 5.21 Å². The summed E-state index contributed by atoms with van der Waals surface area (Å²) in [4.78, 5) is 2.53. The number of piperidine rings is 1. The van der Waals surface area contributed by atoms with E-state index in [9.17, 15) is 0 Å². The van der Waals surface area contributed by atoms with Crippen molar-refractivity contribution in [2.75, 3.05) is 19.6 Å². The molecule has 2 fully saturated rings.